The fraction of sp³-hybridized carbons (Fsp3) is 0.333. The van der Waals surface area contributed by atoms with Crippen LogP contribution in [-0.2, 0) is 21.5 Å². The molecule has 0 unspecified atom stereocenters. The van der Waals surface area contributed by atoms with E-state index in [1.165, 1.54) is 43.6 Å². The number of likely N-dealkylation sites (N-methyl/N-ethyl adjacent to an activating group) is 1. The molecule has 0 amide bonds. The summed E-state index contributed by atoms with van der Waals surface area (Å²) in [6.45, 7) is 2.27. The first-order valence-corrected chi connectivity index (χ1v) is 10.5. The second-order valence-electron chi connectivity index (χ2n) is 7.45. The first-order chi connectivity index (χ1) is 15.8. The van der Waals surface area contributed by atoms with Crippen molar-refractivity contribution in [1.29, 1.82) is 0 Å². The van der Waals surface area contributed by atoms with Crippen molar-refractivity contribution in [3.63, 3.8) is 0 Å². The summed E-state index contributed by atoms with van der Waals surface area (Å²) in [5.41, 5.74) is -2.53. The smallest absolute Gasteiger partial charge is 0.423 e. The van der Waals surface area contributed by atoms with Gasteiger partial charge in [-0.3, -0.25) is 0 Å². The van der Waals surface area contributed by atoms with Crippen molar-refractivity contribution >= 4 is 11.8 Å². The van der Waals surface area contributed by atoms with Crippen LogP contribution < -0.4 is 9.64 Å². The molecular formula is C24H26F3N3O3. The SMILES string of the molecule is CCOC(=O)[C@](Cc1ccc(OCCN(C)c2ccccn2)cc1)(n1cccc1)C(F)(F)F. The van der Waals surface area contributed by atoms with E-state index in [0.29, 0.717) is 24.5 Å². The number of hydrogen-bond acceptors (Lipinski definition) is 5. The number of anilines is 1. The average molecular weight is 461 g/mol. The molecule has 0 spiro atoms. The number of alkyl halides is 3. The van der Waals surface area contributed by atoms with Gasteiger partial charge in [0.05, 0.1) is 13.2 Å². The Morgan fingerprint density at radius 2 is 1.76 bits per heavy atom. The minimum Gasteiger partial charge on any atom is -0.492 e. The maximum atomic E-state index is 14.3. The van der Waals surface area contributed by atoms with Gasteiger partial charge >= 0.3 is 12.1 Å². The van der Waals surface area contributed by atoms with Gasteiger partial charge in [-0.05, 0) is 48.9 Å². The summed E-state index contributed by atoms with van der Waals surface area (Å²) in [6, 6.07) is 14.7. The predicted octanol–water partition coefficient (Wildman–Crippen LogP) is 4.46. The van der Waals surface area contributed by atoms with E-state index in [4.69, 9.17) is 9.47 Å². The van der Waals surface area contributed by atoms with Crippen molar-refractivity contribution in [2.24, 2.45) is 0 Å². The van der Waals surface area contributed by atoms with Crippen LogP contribution in [-0.4, -0.2) is 48.5 Å². The van der Waals surface area contributed by atoms with Crippen LogP contribution in [0, 0.1) is 0 Å². The normalized spacial score (nSPS) is 13.2. The van der Waals surface area contributed by atoms with E-state index in [-0.39, 0.29) is 6.61 Å². The zero-order valence-corrected chi connectivity index (χ0v) is 18.5. The molecule has 1 atom stereocenters. The minimum absolute atomic E-state index is 0.155. The summed E-state index contributed by atoms with van der Waals surface area (Å²) in [6.07, 6.45) is -1.33. The largest absolute Gasteiger partial charge is 0.492 e. The zero-order valence-electron chi connectivity index (χ0n) is 18.5. The zero-order chi connectivity index (χ0) is 23.9. The number of nitrogens with zero attached hydrogens (tertiary/aromatic N) is 3. The number of benzene rings is 1. The van der Waals surface area contributed by atoms with Gasteiger partial charge in [0.1, 0.15) is 18.2 Å². The molecule has 0 saturated heterocycles. The molecule has 176 valence electrons. The van der Waals surface area contributed by atoms with Crippen LogP contribution in [0.5, 0.6) is 5.75 Å². The van der Waals surface area contributed by atoms with E-state index in [9.17, 15) is 18.0 Å². The number of ether oxygens (including phenoxy) is 2. The predicted molar refractivity (Wildman–Crippen MR) is 118 cm³/mol. The first-order valence-electron chi connectivity index (χ1n) is 10.5. The van der Waals surface area contributed by atoms with E-state index < -0.39 is 24.1 Å². The van der Waals surface area contributed by atoms with Crippen molar-refractivity contribution in [1.82, 2.24) is 9.55 Å². The van der Waals surface area contributed by atoms with E-state index in [2.05, 4.69) is 4.98 Å². The fourth-order valence-corrected chi connectivity index (χ4v) is 3.46. The van der Waals surface area contributed by atoms with Crippen LogP contribution in [0.1, 0.15) is 12.5 Å². The van der Waals surface area contributed by atoms with Gasteiger partial charge in [-0.15, -0.1) is 0 Å². The lowest BCUT2D eigenvalue weighted by molar-refractivity contribution is -0.227. The Balaban J connectivity index is 1.72. The number of halogens is 3. The highest BCUT2D eigenvalue weighted by atomic mass is 19.4. The number of carbonyl (C=O) groups is 1. The van der Waals surface area contributed by atoms with Crippen molar-refractivity contribution < 1.29 is 27.4 Å². The summed E-state index contributed by atoms with van der Waals surface area (Å²) in [5.74, 6) is -0.0154. The maximum Gasteiger partial charge on any atom is 0.423 e. The molecule has 0 saturated carbocycles. The molecule has 6 nitrogen and oxygen atoms in total. The molecule has 1 aromatic carbocycles. The highest BCUT2D eigenvalue weighted by molar-refractivity contribution is 5.80. The molecule has 3 aromatic rings. The van der Waals surface area contributed by atoms with E-state index >= 15 is 0 Å². The highest BCUT2D eigenvalue weighted by Crippen LogP contribution is 2.41. The summed E-state index contributed by atoms with van der Waals surface area (Å²) in [4.78, 5) is 18.8. The lowest BCUT2D eigenvalue weighted by Crippen LogP contribution is -2.56. The summed E-state index contributed by atoms with van der Waals surface area (Å²) in [5, 5.41) is 0. The Labute approximate surface area is 190 Å². The Hall–Kier alpha value is -3.49. The molecule has 0 fully saturated rings. The number of aromatic nitrogens is 2. The van der Waals surface area contributed by atoms with Gasteiger partial charge in [0.2, 0.25) is 5.54 Å². The molecule has 9 heteroatoms. The topological polar surface area (TPSA) is 56.6 Å². The third-order valence-electron chi connectivity index (χ3n) is 5.25. The summed E-state index contributed by atoms with van der Waals surface area (Å²) < 4.78 is 54.3. The van der Waals surface area contributed by atoms with Crippen molar-refractivity contribution in [3.05, 3.63) is 78.8 Å². The number of esters is 1. The van der Waals surface area contributed by atoms with Gasteiger partial charge in [-0.25, -0.2) is 9.78 Å². The molecule has 2 aromatic heterocycles. The number of hydrogen-bond donors (Lipinski definition) is 0. The van der Waals surface area contributed by atoms with Crippen LogP contribution in [0.2, 0.25) is 0 Å². The van der Waals surface area contributed by atoms with Crippen LogP contribution >= 0.6 is 0 Å². The maximum absolute atomic E-state index is 14.3. The van der Waals surface area contributed by atoms with Crippen LogP contribution in [0.15, 0.2) is 73.2 Å². The van der Waals surface area contributed by atoms with Crippen molar-refractivity contribution in [2.75, 3.05) is 31.7 Å². The van der Waals surface area contributed by atoms with Crippen molar-refractivity contribution in [2.45, 2.75) is 25.1 Å². The molecule has 0 aliphatic rings. The minimum atomic E-state index is -4.87. The van der Waals surface area contributed by atoms with E-state index in [0.717, 1.165) is 10.4 Å². The van der Waals surface area contributed by atoms with E-state index in [1.807, 2.05) is 30.1 Å². The second-order valence-corrected chi connectivity index (χ2v) is 7.45. The number of rotatable bonds is 10. The Morgan fingerprint density at radius 1 is 1.06 bits per heavy atom. The van der Waals surface area contributed by atoms with Gasteiger partial charge in [0.25, 0.3) is 0 Å². The average Bonchev–Trinajstić information content (AvgIpc) is 3.33. The molecule has 0 N–H and O–H groups in total. The number of carbonyl (C=O) groups excluding carboxylic acids is 1. The summed E-state index contributed by atoms with van der Waals surface area (Å²) in [7, 11) is 1.89. The van der Waals surface area contributed by atoms with Crippen molar-refractivity contribution in [3.8, 4) is 5.75 Å². The van der Waals surface area contributed by atoms with Crippen LogP contribution in [0.4, 0.5) is 19.0 Å². The second kappa shape index (κ2) is 10.4. The van der Waals surface area contributed by atoms with Gasteiger partial charge in [-0.1, -0.05) is 18.2 Å². The monoisotopic (exact) mass is 461 g/mol. The molecule has 2 heterocycles. The quantitative estimate of drug-likeness (QED) is 0.417. The summed E-state index contributed by atoms with van der Waals surface area (Å²) >= 11 is 0. The molecular weight excluding hydrogens is 435 g/mol. The third kappa shape index (κ3) is 5.47. The molecule has 3 rings (SSSR count). The Morgan fingerprint density at radius 3 is 2.33 bits per heavy atom. The van der Waals surface area contributed by atoms with E-state index in [1.54, 1.807) is 18.3 Å². The third-order valence-corrected chi connectivity index (χ3v) is 5.25. The molecule has 0 radical (unpaired) electrons. The molecule has 0 bridgehead atoms. The number of pyridine rings is 1. The van der Waals surface area contributed by atoms with Crippen LogP contribution in [0.25, 0.3) is 0 Å². The molecule has 33 heavy (non-hydrogen) atoms. The molecule has 0 aliphatic heterocycles. The first kappa shape index (κ1) is 24.2. The Kier molecular flexibility index (Phi) is 7.63. The fourth-order valence-electron chi connectivity index (χ4n) is 3.46. The molecule has 0 aliphatic carbocycles. The van der Waals surface area contributed by atoms with Gasteiger partial charge in [0, 0.05) is 32.1 Å². The standard InChI is InChI=1S/C24H26F3N3O3/c1-3-32-22(31)23(24(25,26)27,30-14-6-7-15-30)18-19-9-11-20(12-10-19)33-17-16-29(2)21-8-4-5-13-28-21/h4-15H,3,16-18H2,1-2H3/t23-/m0/s1. The highest BCUT2D eigenvalue weighted by Gasteiger charge is 2.62. The van der Waals surface area contributed by atoms with Gasteiger partial charge in [-0.2, -0.15) is 13.2 Å². The van der Waals surface area contributed by atoms with Gasteiger partial charge < -0.3 is 18.9 Å². The Bertz CT molecular complexity index is 1010. The van der Waals surface area contributed by atoms with Gasteiger partial charge in [0.15, 0.2) is 0 Å². The van der Waals surface area contributed by atoms with Crippen LogP contribution in [0.3, 0.4) is 0 Å². The lowest BCUT2D eigenvalue weighted by Gasteiger charge is -2.35. The lowest BCUT2D eigenvalue weighted by atomic mass is 9.89.